The van der Waals surface area contributed by atoms with Crippen LogP contribution in [0.3, 0.4) is 0 Å². The van der Waals surface area contributed by atoms with Gasteiger partial charge in [-0.05, 0) is 56.2 Å². The van der Waals surface area contributed by atoms with Crippen LogP contribution in [-0.4, -0.2) is 38.6 Å². The second-order valence-electron chi connectivity index (χ2n) is 6.41. The summed E-state index contributed by atoms with van der Waals surface area (Å²) in [6.07, 6.45) is 4.59. The van der Waals surface area contributed by atoms with Gasteiger partial charge in [-0.3, -0.25) is 4.98 Å². The first-order valence-electron chi connectivity index (χ1n) is 8.67. The van der Waals surface area contributed by atoms with Crippen LogP contribution in [0.5, 0.6) is 5.75 Å². The van der Waals surface area contributed by atoms with Gasteiger partial charge >= 0.3 is 5.97 Å². The predicted molar refractivity (Wildman–Crippen MR) is 102 cm³/mol. The van der Waals surface area contributed by atoms with Gasteiger partial charge in [-0.25, -0.2) is 17.9 Å². The van der Waals surface area contributed by atoms with Crippen LogP contribution in [0.25, 0.3) is 0 Å². The van der Waals surface area contributed by atoms with E-state index in [0.29, 0.717) is 12.8 Å². The summed E-state index contributed by atoms with van der Waals surface area (Å²) in [7, 11) is -2.54. The lowest BCUT2D eigenvalue weighted by Crippen LogP contribution is -2.40. The van der Waals surface area contributed by atoms with Crippen LogP contribution in [0, 0.1) is 6.92 Å². The van der Waals surface area contributed by atoms with Crippen molar-refractivity contribution in [2.24, 2.45) is 0 Å². The highest BCUT2D eigenvalue weighted by Gasteiger charge is 2.30. The fourth-order valence-corrected chi connectivity index (χ4v) is 5.75. The van der Waals surface area contributed by atoms with E-state index in [9.17, 15) is 13.2 Å². The van der Waals surface area contributed by atoms with Crippen LogP contribution < -0.4 is 9.46 Å². The Morgan fingerprint density at radius 2 is 2.00 bits per heavy atom. The Morgan fingerprint density at radius 1 is 1.26 bits per heavy atom. The van der Waals surface area contributed by atoms with Gasteiger partial charge in [-0.2, -0.15) is 0 Å². The summed E-state index contributed by atoms with van der Waals surface area (Å²) in [5, 5.41) is 1.57. The molecule has 0 radical (unpaired) electrons. The van der Waals surface area contributed by atoms with Crippen LogP contribution in [0.1, 0.15) is 41.0 Å². The van der Waals surface area contributed by atoms with Crippen molar-refractivity contribution in [3.05, 3.63) is 40.3 Å². The zero-order valence-electron chi connectivity index (χ0n) is 15.2. The normalized spacial score (nSPS) is 20.2. The average molecular weight is 411 g/mol. The molecule has 1 aliphatic rings. The van der Waals surface area contributed by atoms with E-state index in [1.165, 1.54) is 13.2 Å². The minimum absolute atomic E-state index is 0.0243. The summed E-state index contributed by atoms with van der Waals surface area (Å²) in [6.45, 7) is 1.90. The zero-order chi connectivity index (χ0) is 19.4. The summed E-state index contributed by atoms with van der Waals surface area (Å²) in [5.41, 5.74) is 0.841. The van der Waals surface area contributed by atoms with Crippen molar-refractivity contribution < 1.29 is 22.7 Å². The molecule has 146 valence electrons. The Hall–Kier alpha value is -1.97. The maximum atomic E-state index is 12.7. The number of methoxy groups -OCH3 is 1. The number of thiophene rings is 1. The quantitative estimate of drug-likeness (QED) is 0.736. The van der Waals surface area contributed by atoms with Gasteiger partial charge in [-0.15, -0.1) is 11.3 Å². The van der Waals surface area contributed by atoms with Crippen molar-refractivity contribution in [3.8, 4) is 5.75 Å². The number of nitrogens with zero attached hydrogens (tertiary/aromatic N) is 1. The molecule has 9 heteroatoms. The number of rotatable bonds is 6. The van der Waals surface area contributed by atoms with Crippen LogP contribution in [0.2, 0.25) is 0 Å². The first-order valence-corrected chi connectivity index (χ1v) is 11.0. The smallest absolute Gasteiger partial charge is 0.349 e. The maximum Gasteiger partial charge on any atom is 0.349 e. The number of ether oxygens (including phenoxy) is 2. The van der Waals surface area contributed by atoms with Gasteiger partial charge in [0.25, 0.3) is 0 Å². The van der Waals surface area contributed by atoms with E-state index in [1.807, 2.05) is 19.1 Å². The Labute approximate surface area is 162 Å². The molecule has 0 unspecified atom stereocenters. The highest BCUT2D eigenvalue weighted by Crippen LogP contribution is 2.28. The predicted octanol–water partition coefficient (Wildman–Crippen LogP) is 2.91. The van der Waals surface area contributed by atoms with Crippen molar-refractivity contribution in [1.29, 1.82) is 0 Å². The minimum atomic E-state index is -3.78. The van der Waals surface area contributed by atoms with E-state index >= 15 is 0 Å². The van der Waals surface area contributed by atoms with Gasteiger partial charge < -0.3 is 9.47 Å². The minimum Gasteiger partial charge on any atom is -0.489 e. The Balaban J connectivity index is 1.60. The number of esters is 1. The third kappa shape index (κ3) is 4.66. The molecule has 0 bridgehead atoms. The molecular weight excluding hydrogens is 388 g/mol. The lowest BCUT2D eigenvalue weighted by atomic mass is 9.93. The van der Waals surface area contributed by atoms with Crippen molar-refractivity contribution in [2.75, 3.05) is 7.11 Å². The second kappa shape index (κ2) is 8.37. The Morgan fingerprint density at radius 3 is 2.67 bits per heavy atom. The number of carbonyl (C=O) groups is 1. The van der Waals surface area contributed by atoms with Gasteiger partial charge in [0.15, 0.2) is 0 Å². The Bertz CT molecular complexity index is 902. The fourth-order valence-electron chi connectivity index (χ4n) is 3.11. The zero-order valence-corrected chi connectivity index (χ0v) is 16.8. The molecule has 3 rings (SSSR count). The summed E-state index contributed by atoms with van der Waals surface area (Å²) in [4.78, 5) is 16.0. The summed E-state index contributed by atoms with van der Waals surface area (Å²) in [6, 6.07) is 4.97. The highest BCUT2D eigenvalue weighted by molar-refractivity contribution is 7.89. The van der Waals surface area contributed by atoms with E-state index in [2.05, 4.69) is 14.4 Å². The standard InChI is InChI=1S/C18H22N2O5S2/c1-12-15(4-3-10-19-12)25-14-7-5-13(6-8-14)20-27(22,23)16-9-11-26-17(16)18(21)24-2/h3-4,9-11,13-14,20H,5-8H2,1-2H3. The van der Waals surface area contributed by atoms with Crippen LogP contribution >= 0.6 is 11.3 Å². The molecule has 0 amide bonds. The van der Waals surface area contributed by atoms with Crippen molar-refractivity contribution in [3.63, 3.8) is 0 Å². The molecular formula is C18H22N2O5S2. The van der Waals surface area contributed by atoms with Gasteiger partial charge in [0.1, 0.15) is 15.5 Å². The van der Waals surface area contributed by atoms with Crippen LogP contribution in [-0.2, 0) is 14.8 Å². The van der Waals surface area contributed by atoms with Gasteiger partial charge in [0, 0.05) is 12.2 Å². The molecule has 1 saturated carbocycles. The first-order chi connectivity index (χ1) is 12.9. The molecule has 0 aliphatic heterocycles. The SMILES string of the molecule is COC(=O)c1sccc1S(=O)(=O)NC1CCC(Oc2cccnc2C)CC1. The molecule has 0 aromatic carbocycles. The van der Waals surface area contributed by atoms with E-state index < -0.39 is 16.0 Å². The second-order valence-corrected chi connectivity index (χ2v) is 9.00. The van der Waals surface area contributed by atoms with Crippen LogP contribution in [0.4, 0.5) is 0 Å². The molecule has 1 aliphatic carbocycles. The molecule has 27 heavy (non-hydrogen) atoms. The van der Waals surface area contributed by atoms with E-state index in [1.54, 1.807) is 11.6 Å². The third-order valence-electron chi connectivity index (χ3n) is 4.54. The molecule has 2 aromatic heterocycles. The van der Waals surface area contributed by atoms with Gasteiger partial charge in [0.05, 0.1) is 18.9 Å². The topological polar surface area (TPSA) is 94.6 Å². The van der Waals surface area contributed by atoms with E-state index in [4.69, 9.17) is 4.74 Å². The number of sulfonamides is 1. The summed E-state index contributed by atoms with van der Waals surface area (Å²) < 4.78 is 38.7. The number of hydrogen-bond donors (Lipinski definition) is 1. The first kappa shape index (κ1) is 19.8. The number of nitrogens with one attached hydrogen (secondary N) is 1. The molecule has 0 atom stereocenters. The van der Waals surface area contributed by atoms with Crippen molar-refractivity contribution >= 4 is 27.3 Å². The lowest BCUT2D eigenvalue weighted by molar-refractivity contribution is 0.0602. The number of aryl methyl sites for hydroxylation is 1. The lowest BCUT2D eigenvalue weighted by Gasteiger charge is -2.29. The van der Waals surface area contributed by atoms with Gasteiger partial charge in [0.2, 0.25) is 10.0 Å². The Kier molecular flexibility index (Phi) is 6.13. The molecule has 7 nitrogen and oxygen atoms in total. The number of carbonyl (C=O) groups excluding carboxylic acids is 1. The van der Waals surface area contributed by atoms with Crippen molar-refractivity contribution in [2.45, 2.75) is 49.6 Å². The molecule has 1 fully saturated rings. The largest absolute Gasteiger partial charge is 0.489 e. The van der Waals surface area contributed by atoms with Crippen molar-refractivity contribution in [1.82, 2.24) is 9.71 Å². The fraction of sp³-hybridized carbons (Fsp3) is 0.444. The molecule has 0 saturated heterocycles. The number of hydrogen-bond acceptors (Lipinski definition) is 7. The average Bonchev–Trinajstić information content (AvgIpc) is 3.15. The highest BCUT2D eigenvalue weighted by atomic mass is 32.2. The monoisotopic (exact) mass is 410 g/mol. The summed E-state index contributed by atoms with van der Waals surface area (Å²) in [5.74, 6) is 0.122. The van der Waals surface area contributed by atoms with E-state index in [0.717, 1.165) is 35.6 Å². The van der Waals surface area contributed by atoms with E-state index in [-0.39, 0.29) is 21.9 Å². The molecule has 2 heterocycles. The molecule has 1 N–H and O–H groups in total. The number of pyridine rings is 1. The van der Waals surface area contributed by atoms with Crippen LogP contribution in [0.15, 0.2) is 34.7 Å². The molecule has 0 spiro atoms. The maximum absolute atomic E-state index is 12.7. The summed E-state index contributed by atoms with van der Waals surface area (Å²) >= 11 is 1.05. The number of aromatic nitrogens is 1. The third-order valence-corrected chi connectivity index (χ3v) is 7.12. The van der Waals surface area contributed by atoms with Gasteiger partial charge in [-0.1, -0.05) is 0 Å². The molecule has 2 aromatic rings.